The van der Waals surface area contributed by atoms with E-state index >= 15 is 0 Å². The number of nitrogens with one attached hydrogen (secondary N) is 2. The van der Waals surface area contributed by atoms with Gasteiger partial charge in [0, 0.05) is 22.4 Å². The molecule has 0 bridgehead atoms. The number of esters is 1. The van der Waals surface area contributed by atoms with Gasteiger partial charge in [-0.2, -0.15) is 0 Å². The molecule has 1 aliphatic heterocycles. The van der Waals surface area contributed by atoms with Crippen molar-refractivity contribution in [3.63, 3.8) is 0 Å². The van der Waals surface area contributed by atoms with Crippen molar-refractivity contribution in [1.29, 1.82) is 0 Å². The lowest BCUT2D eigenvalue weighted by Crippen LogP contribution is -2.40. The van der Waals surface area contributed by atoms with Gasteiger partial charge in [-0.15, -0.1) is 23.7 Å². The van der Waals surface area contributed by atoms with Crippen molar-refractivity contribution in [2.24, 2.45) is 5.92 Å². The number of aromatic nitrogens is 1. The number of anilines is 1. The molecule has 6 nitrogen and oxygen atoms in total. The smallest absolute Gasteiger partial charge is 0.310 e. The summed E-state index contributed by atoms with van der Waals surface area (Å²) in [5.74, 6) is -0.341. The Morgan fingerprint density at radius 1 is 1.33 bits per heavy atom. The fourth-order valence-electron chi connectivity index (χ4n) is 3.13. The van der Waals surface area contributed by atoms with E-state index in [9.17, 15) is 9.59 Å². The lowest BCUT2D eigenvalue weighted by atomic mass is 9.92. The van der Waals surface area contributed by atoms with Crippen LogP contribution in [-0.4, -0.2) is 36.6 Å². The van der Waals surface area contributed by atoms with E-state index in [-0.39, 0.29) is 36.6 Å². The van der Waals surface area contributed by atoms with Crippen LogP contribution in [-0.2, 0) is 20.7 Å². The van der Waals surface area contributed by atoms with Crippen molar-refractivity contribution in [3.05, 3.63) is 35.2 Å². The highest BCUT2D eigenvalue weighted by Crippen LogP contribution is 2.32. The van der Waals surface area contributed by atoms with Gasteiger partial charge in [-0.25, -0.2) is 4.98 Å². The van der Waals surface area contributed by atoms with Gasteiger partial charge >= 0.3 is 5.97 Å². The molecule has 3 rings (SSSR count). The fourth-order valence-corrected chi connectivity index (χ4v) is 4.10. The Morgan fingerprint density at radius 3 is 2.74 bits per heavy atom. The van der Waals surface area contributed by atoms with Crippen molar-refractivity contribution < 1.29 is 14.3 Å². The van der Waals surface area contributed by atoms with Gasteiger partial charge in [0.1, 0.15) is 0 Å². The van der Waals surface area contributed by atoms with Crippen LogP contribution in [0.2, 0.25) is 0 Å². The average molecular weight is 410 g/mol. The molecule has 1 aliphatic rings. The Morgan fingerprint density at radius 2 is 2.07 bits per heavy atom. The van der Waals surface area contributed by atoms with Crippen molar-refractivity contribution in [2.45, 2.75) is 32.2 Å². The molecular weight excluding hydrogens is 386 g/mol. The quantitative estimate of drug-likeness (QED) is 0.741. The van der Waals surface area contributed by atoms with Crippen molar-refractivity contribution in [1.82, 2.24) is 10.3 Å². The lowest BCUT2D eigenvalue weighted by molar-refractivity contribution is -0.139. The first-order valence-corrected chi connectivity index (χ1v) is 9.54. The van der Waals surface area contributed by atoms with Crippen LogP contribution in [0.25, 0.3) is 11.3 Å². The fraction of sp³-hybridized carbons (Fsp3) is 0.421. The van der Waals surface area contributed by atoms with Gasteiger partial charge in [-0.3, -0.25) is 9.59 Å². The minimum Gasteiger partial charge on any atom is -0.469 e. The third-order valence-electron chi connectivity index (χ3n) is 4.50. The first kappa shape index (κ1) is 21.3. The second kappa shape index (κ2) is 9.82. The second-order valence-corrected chi connectivity index (χ2v) is 7.56. The summed E-state index contributed by atoms with van der Waals surface area (Å²) in [4.78, 5) is 29.7. The number of rotatable bonds is 5. The second-order valence-electron chi connectivity index (χ2n) is 6.48. The molecule has 2 N–H and O–H groups in total. The highest BCUT2D eigenvalue weighted by molar-refractivity contribution is 7.16. The molecule has 1 saturated heterocycles. The summed E-state index contributed by atoms with van der Waals surface area (Å²) in [6, 6.07) is 9.99. The van der Waals surface area contributed by atoms with Crippen LogP contribution in [0.3, 0.4) is 0 Å². The number of ether oxygens (including phenoxy) is 1. The van der Waals surface area contributed by atoms with Crippen LogP contribution in [0.5, 0.6) is 0 Å². The Kier molecular flexibility index (Phi) is 7.77. The molecule has 27 heavy (non-hydrogen) atoms. The summed E-state index contributed by atoms with van der Waals surface area (Å²) in [6.07, 6.45) is 1.78. The van der Waals surface area contributed by atoms with Crippen molar-refractivity contribution >= 4 is 40.8 Å². The Hall–Kier alpha value is -1.96. The number of methoxy groups -OCH3 is 1. The number of piperidine rings is 1. The van der Waals surface area contributed by atoms with E-state index in [0.29, 0.717) is 11.2 Å². The van der Waals surface area contributed by atoms with E-state index in [2.05, 4.69) is 22.5 Å². The van der Waals surface area contributed by atoms with E-state index in [4.69, 9.17) is 4.74 Å². The highest BCUT2D eigenvalue weighted by atomic mass is 35.5. The van der Waals surface area contributed by atoms with Gasteiger partial charge in [0.25, 0.3) is 0 Å². The number of thiazole rings is 1. The molecule has 0 unspecified atom stereocenters. The molecule has 146 valence electrons. The number of nitrogens with zero attached hydrogens (tertiary/aromatic N) is 1. The highest BCUT2D eigenvalue weighted by Gasteiger charge is 2.26. The van der Waals surface area contributed by atoms with Gasteiger partial charge in [0.05, 0.1) is 19.2 Å². The largest absolute Gasteiger partial charge is 0.469 e. The summed E-state index contributed by atoms with van der Waals surface area (Å²) in [6.45, 7) is 2.94. The van der Waals surface area contributed by atoms with Crippen LogP contribution < -0.4 is 10.6 Å². The van der Waals surface area contributed by atoms with Crippen LogP contribution in [0, 0.1) is 5.92 Å². The Labute approximate surface area is 169 Å². The van der Waals surface area contributed by atoms with Crippen LogP contribution >= 0.6 is 23.7 Å². The standard InChI is InChI=1S/C19H23N3O3S.ClH/c1-12-10-14(8-9-20-12)18(24)22-19-21-17(13-6-4-3-5-7-13)15(26-19)11-16(23)25-2;/h3-7,12,14,20H,8-11H2,1-2H3,(H,21,22,24);1H/t12-,14-;/m0./s1. The third-order valence-corrected chi connectivity index (χ3v) is 5.47. The predicted octanol–water partition coefficient (Wildman–Crippen LogP) is 3.27. The minimum atomic E-state index is -0.323. The van der Waals surface area contributed by atoms with Gasteiger partial charge in [-0.05, 0) is 26.3 Å². The molecule has 1 fully saturated rings. The van der Waals surface area contributed by atoms with Gasteiger partial charge in [0.15, 0.2) is 5.13 Å². The average Bonchev–Trinajstić information content (AvgIpc) is 3.04. The Bertz CT molecular complexity index is 782. The number of benzene rings is 1. The Balaban J connectivity index is 0.00000261. The first-order valence-electron chi connectivity index (χ1n) is 8.73. The van der Waals surface area contributed by atoms with Crippen molar-refractivity contribution in [3.8, 4) is 11.3 Å². The van der Waals surface area contributed by atoms with Crippen LogP contribution in [0.15, 0.2) is 30.3 Å². The SMILES string of the molecule is COC(=O)Cc1sc(NC(=O)[C@H]2CCN[C@@H](C)C2)nc1-c1ccccc1.Cl. The van der Waals surface area contributed by atoms with E-state index < -0.39 is 0 Å². The van der Waals surface area contributed by atoms with Crippen LogP contribution in [0.4, 0.5) is 5.13 Å². The molecule has 1 amide bonds. The number of halogens is 1. The zero-order valence-electron chi connectivity index (χ0n) is 15.4. The molecule has 0 aliphatic carbocycles. The molecule has 2 heterocycles. The molecule has 0 radical (unpaired) electrons. The number of amides is 1. The normalized spacial score (nSPS) is 19.0. The van der Waals surface area contributed by atoms with Gasteiger partial charge < -0.3 is 15.4 Å². The summed E-state index contributed by atoms with van der Waals surface area (Å²) in [5, 5.41) is 6.82. The molecule has 2 aromatic rings. The summed E-state index contributed by atoms with van der Waals surface area (Å²) in [7, 11) is 1.37. The topological polar surface area (TPSA) is 80.3 Å². The third kappa shape index (κ3) is 5.51. The monoisotopic (exact) mass is 409 g/mol. The number of carbonyl (C=O) groups is 2. The number of hydrogen-bond donors (Lipinski definition) is 2. The van der Waals surface area contributed by atoms with Gasteiger partial charge in [0.2, 0.25) is 5.91 Å². The molecule has 0 spiro atoms. The van der Waals surface area contributed by atoms with E-state index in [1.165, 1.54) is 18.4 Å². The number of carbonyl (C=O) groups excluding carboxylic acids is 2. The zero-order valence-corrected chi connectivity index (χ0v) is 17.0. The van der Waals surface area contributed by atoms with E-state index in [1.54, 1.807) is 0 Å². The molecule has 1 aromatic carbocycles. The first-order chi connectivity index (χ1) is 12.6. The predicted molar refractivity (Wildman–Crippen MR) is 109 cm³/mol. The molecular formula is C19H24ClN3O3S. The zero-order chi connectivity index (χ0) is 18.5. The van der Waals surface area contributed by atoms with E-state index in [1.807, 2.05) is 30.3 Å². The van der Waals surface area contributed by atoms with Gasteiger partial charge in [-0.1, -0.05) is 30.3 Å². The van der Waals surface area contributed by atoms with E-state index in [0.717, 1.165) is 35.5 Å². The maximum Gasteiger partial charge on any atom is 0.310 e. The maximum atomic E-state index is 12.6. The minimum absolute atomic E-state index is 0. The van der Waals surface area contributed by atoms with Crippen molar-refractivity contribution in [2.75, 3.05) is 19.0 Å². The number of hydrogen-bond acceptors (Lipinski definition) is 6. The molecule has 8 heteroatoms. The van der Waals surface area contributed by atoms with Crippen LogP contribution in [0.1, 0.15) is 24.6 Å². The molecule has 1 aromatic heterocycles. The summed E-state index contributed by atoms with van der Waals surface area (Å²) >= 11 is 1.33. The lowest BCUT2D eigenvalue weighted by Gasteiger charge is -2.26. The maximum absolute atomic E-state index is 12.6. The summed E-state index contributed by atoms with van der Waals surface area (Å²) in [5.41, 5.74) is 1.63. The summed E-state index contributed by atoms with van der Waals surface area (Å²) < 4.78 is 4.79. The molecule has 2 atom stereocenters. The molecule has 0 saturated carbocycles.